The van der Waals surface area contributed by atoms with E-state index in [2.05, 4.69) is 6.07 Å². The number of hydrazone groups is 1. The van der Waals surface area contributed by atoms with Crippen molar-refractivity contribution in [1.29, 1.82) is 0 Å². The number of fused-ring (bicyclic) bond motifs is 6. The lowest BCUT2D eigenvalue weighted by molar-refractivity contribution is -0.164. The summed E-state index contributed by atoms with van der Waals surface area (Å²) in [6.45, 7) is 0.454. The molecule has 0 N–H and O–H groups in total. The molecule has 6 heteroatoms. The number of rotatable bonds is 3. The van der Waals surface area contributed by atoms with Crippen molar-refractivity contribution >= 4 is 28.9 Å². The maximum absolute atomic E-state index is 14.5. The number of carbonyl (C=O) groups is 1. The largest absolute Gasteiger partial charge is 0.453 e. The molecule has 36 heavy (non-hydrogen) atoms. The number of amides is 1. The smallest absolute Gasteiger partial charge is 0.306 e. The summed E-state index contributed by atoms with van der Waals surface area (Å²) in [5, 5.41) is 7.64. The molecule has 3 aliphatic heterocycles. The molecule has 7 rings (SSSR count). The Bertz CT molecular complexity index is 1520. The Balaban J connectivity index is 1.40. The maximum Gasteiger partial charge on any atom is 0.306 e. The molecule has 1 spiro atoms. The van der Waals surface area contributed by atoms with E-state index in [9.17, 15) is 4.79 Å². The highest BCUT2D eigenvalue weighted by atomic mass is 35.5. The van der Waals surface area contributed by atoms with Crippen LogP contribution in [0.1, 0.15) is 34.7 Å². The van der Waals surface area contributed by atoms with Crippen LogP contribution in [0.5, 0.6) is 5.75 Å². The van der Waals surface area contributed by atoms with Crippen molar-refractivity contribution < 1.29 is 9.53 Å². The molecule has 1 amide bonds. The molecule has 0 saturated heterocycles. The third kappa shape index (κ3) is 3.02. The minimum atomic E-state index is -1.38. The van der Waals surface area contributed by atoms with Crippen LogP contribution in [0.25, 0.3) is 0 Å². The van der Waals surface area contributed by atoms with E-state index in [0.29, 0.717) is 18.0 Å². The van der Waals surface area contributed by atoms with Crippen molar-refractivity contribution in [3.63, 3.8) is 0 Å². The van der Waals surface area contributed by atoms with E-state index >= 15 is 0 Å². The molecule has 4 aromatic rings. The summed E-state index contributed by atoms with van der Waals surface area (Å²) in [5.41, 5.74) is 4.26. The van der Waals surface area contributed by atoms with Gasteiger partial charge >= 0.3 is 5.72 Å². The van der Waals surface area contributed by atoms with Crippen molar-refractivity contribution in [1.82, 2.24) is 5.01 Å². The molecule has 0 aromatic heterocycles. The van der Waals surface area contributed by atoms with Gasteiger partial charge in [-0.2, -0.15) is 5.10 Å². The zero-order valence-electron chi connectivity index (χ0n) is 19.3. The van der Waals surface area contributed by atoms with Crippen LogP contribution in [0.3, 0.4) is 0 Å². The lowest BCUT2D eigenvalue weighted by atomic mass is 9.92. The number of benzene rings is 4. The first-order valence-electron chi connectivity index (χ1n) is 12.0. The Morgan fingerprint density at radius 3 is 2.44 bits per heavy atom. The predicted molar refractivity (Wildman–Crippen MR) is 140 cm³/mol. The average molecular weight is 492 g/mol. The molecule has 176 valence electrons. The molecule has 0 unspecified atom stereocenters. The average Bonchev–Trinajstić information content (AvgIpc) is 3.46. The molecule has 4 aromatic carbocycles. The van der Waals surface area contributed by atoms with Crippen molar-refractivity contribution in [3.8, 4) is 5.75 Å². The SMILES string of the molecule is O=C1N(Cc2ccccc2)c2ccccc2[C@]12Oc1ccccc1[C@H]1CC(c3ccc(Cl)cc3)=NN12. The third-order valence-electron chi connectivity index (χ3n) is 7.22. The van der Waals surface area contributed by atoms with Gasteiger partial charge in [0.15, 0.2) is 0 Å². The van der Waals surface area contributed by atoms with E-state index in [0.717, 1.165) is 39.4 Å². The van der Waals surface area contributed by atoms with Gasteiger partial charge in [0, 0.05) is 17.0 Å². The fourth-order valence-corrected chi connectivity index (χ4v) is 5.69. The Kier molecular flexibility index (Phi) is 4.70. The van der Waals surface area contributed by atoms with E-state index in [1.54, 1.807) is 0 Å². The fraction of sp³-hybridized carbons (Fsp3) is 0.133. The van der Waals surface area contributed by atoms with Gasteiger partial charge in [0.05, 0.1) is 29.5 Å². The first kappa shape index (κ1) is 21.2. The van der Waals surface area contributed by atoms with Crippen molar-refractivity contribution in [2.24, 2.45) is 5.10 Å². The number of carbonyl (C=O) groups excluding carboxylic acids is 1. The number of anilines is 1. The van der Waals surface area contributed by atoms with Crippen LogP contribution in [-0.4, -0.2) is 16.6 Å². The summed E-state index contributed by atoms with van der Waals surface area (Å²) in [6, 6.07) is 33.5. The highest BCUT2D eigenvalue weighted by Gasteiger charge is 2.63. The summed E-state index contributed by atoms with van der Waals surface area (Å²) >= 11 is 6.14. The molecule has 3 aliphatic rings. The summed E-state index contributed by atoms with van der Waals surface area (Å²) in [7, 11) is 0. The van der Waals surface area contributed by atoms with E-state index < -0.39 is 5.72 Å². The van der Waals surface area contributed by atoms with Crippen LogP contribution < -0.4 is 9.64 Å². The topological polar surface area (TPSA) is 45.1 Å². The second-order valence-corrected chi connectivity index (χ2v) is 9.73. The van der Waals surface area contributed by atoms with Gasteiger partial charge in [0.2, 0.25) is 0 Å². The van der Waals surface area contributed by atoms with Gasteiger partial charge in [0.1, 0.15) is 5.75 Å². The van der Waals surface area contributed by atoms with Crippen LogP contribution in [0.2, 0.25) is 5.02 Å². The number of hydrogen-bond donors (Lipinski definition) is 0. The van der Waals surface area contributed by atoms with E-state index in [-0.39, 0.29) is 11.9 Å². The first-order chi connectivity index (χ1) is 17.6. The number of hydrogen-bond acceptors (Lipinski definition) is 4. The monoisotopic (exact) mass is 491 g/mol. The Morgan fingerprint density at radius 2 is 1.61 bits per heavy atom. The van der Waals surface area contributed by atoms with Gasteiger partial charge < -0.3 is 9.64 Å². The van der Waals surface area contributed by atoms with Crippen LogP contribution in [0.4, 0.5) is 5.69 Å². The summed E-state index contributed by atoms with van der Waals surface area (Å²) in [5.74, 6) is 0.587. The summed E-state index contributed by atoms with van der Waals surface area (Å²) in [6.07, 6.45) is 0.665. The summed E-state index contributed by atoms with van der Waals surface area (Å²) in [4.78, 5) is 16.3. The zero-order valence-corrected chi connectivity index (χ0v) is 20.1. The van der Waals surface area contributed by atoms with Gasteiger partial charge in [-0.05, 0) is 35.4 Å². The Morgan fingerprint density at radius 1 is 0.889 bits per heavy atom. The second kappa shape index (κ2) is 7.97. The van der Waals surface area contributed by atoms with E-state index in [1.807, 2.05) is 107 Å². The van der Waals surface area contributed by atoms with E-state index in [1.165, 1.54) is 0 Å². The number of para-hydroxylation sites is 2. The molecular weight excluding hydrogens is 470 g/mol. The molecule has 0 bridgehead atoms. The lowest BCUT2D eigenvalue weighted by Gasteiger charge is -2.44. The minimum Gasteiger partial charge on any atom is -0.453 e. The zero-order chi connectivity index (χ0) is 24.3. The van der Waals surface area contributed by atoms with Crippen LogP contribution in [-0.2, 0) is 17.1 Å². The molecule has 5 nitrogen and oxygen atoms in total. The van der Waals surface area contributed by atoms with E-state index in [4.69, 9.17) is 21.4 Å². The molecule has 2 atom stereocenters. The van der Waals surface area contributed by atoms with Gasteiger partial charge in [-0.15, -0.1) is 0 Å². The molecule has 0 aliphatic carbocycles. The minimum absolute atomic E-state index is 0.130. The first-order valence-corrected chi connectivity index (χ1v) is 12.4. The predicted octanol–water partition coefficient (Wildman–Crippen LogP) is 6.28. The molecule has 0 fully saturated rings. The summed E-state index contributed by atoms with van der Waals surface area (Å²) < 4.78 is 6.71. The number of nitrogens with zero attached hydrogens (tertiary/aromatic N) is 3. The van der Waals surface area contributed by atoms with Gasteiger partial charge in [-0.25, -0.2) is 5.01 Å². The lowest BCUT2D eigenvalue weighted by Crippen LogP contribution is -2.57. The second-order valence-electron chi connectivity index (χ2n) is 9.30. The van der Waals surface area contributed by atoms with Crippen LogP contribution >= 0.6 is 11.6 Å². The molecular formula is C30H22ClN3O2. The van der Waals surface area contributed by atoms with Crippen molar-refractivity contribution in [2.75, 3.05) is 4.90 Å². The van der Waals surface area contributed by atoms with Crippen LogP contribution in [0.15, 0.2) is 108 Å². The number of ether oxygens (including phenoxy) is 1. The molecule has 0 radical (unpaired) electrons. The fourth-order valence-electron chi connectivity index (χ4n) is 5.56. The maximum atomic E-state index is 14.5. The van der Waals surface area contributed by atoms with Crippen LogP contribution in [0, 0.1) is 0 Å². The quantitative estimate of drug-likeness (QED) is 0.338. The molecule has 3 heterocycles. The van der Waals surface area contributed by atoms with Gasteiger partial charge in [0.25, 0.3) is 5.91 Å². The Labute approximate surface area is 214 Å². The highest BCUT2D eigenvalue weighted by molar-refractivity contribution is 6.30. The van der Waals surface area contributed by atoms with Crippen molar-refractivity contribution in [3.05, 3.63) is 130 Å². The molecule has 0 saturated carbocycles. The number of halogens is 1. The van der Waals surface area contributed by atoms with Gasteiger partial charge in [-0.3, -0.25) is 4.79 Å². The van der Waals surface area contributed by atoms with Gasteiger partial charge in [-0.1, -0.05) is 90.5 Å². The third-order valence-corrected chi connectivity index (χ3v) is 7.48. The Hall–Kier alpha value is -4.09. The highest BCUT2D eigenvalue weighted by Crippen LogP contribution is 2.55. The standard InChI is InChI=1S/C30H22ClN3O2/c31-22-16-14-21(15-17-22)25-18-27-23-10-4-7-13-28(23)36-30(34(27)32-25)24-11-5-6-12-26(24)33(29(30)35)19-20-8-2-1-3-9-20/h1-17,27H,18-19H2/t27-,30+/m1/s1. The normalized spacial score (nSPS) is 21.6. The van der Waals surface area contributed by atoms with Crippen molar-refractivity contribution in [2.45, 2.75) is 24.7 Å².